The molecule has 0 atom stereocenters. The minimum Gasteiger partial charge on any atom is -0.345 e. The van der Waals surface area contributed by atoms with Gasteiger partial charge in [-0.2, -0.15) is 0 Å². The van der Waals surface area contributed by atoms with Crippen LogP contribution in [0.25, 0.3) is 0 Å². The maximum Gasteiger partial charge on any atom is 0.260 e. The number of aryl methyl sites for hydroxylation is 1. The third kappa shape index (κ3) is 2.79. The van der Waals surface area contributed by atoms with Crippen molar-refractivity contribution in [1.82, 2.24) is 15.3 Å². The van der Waals surface area contributed by atoms with E-state index in [9.17, 15) is 9.59 Å². The van der Waals surface area contributed by atoms with E-state index in [1.807, 2.05) is 5.38 Å². The van der Waals surface area contributed by atoms with Crippen molar-refractivity contribution in [3.8, 4) is 0 Å². The van der Waals surface area contributed by atoms with E-state index in [4.69, 9.17) is 0 Å². The number of rotatable bonds is 3. The van der Waals surface area contributed by atoms with Gasteiger partial charge in [0.2, 0.25) is 0 Å². The van der Waals surface area contributed by atoms with Crippen molar-refractivity contribution in [3.05, 3.63) is 50.3 Å². The molecule has 2 heterocycles. The lowest BCUT2D eigenvalue weighted by atomic mass is 10.2. The summed E-state index contributed by atoms with van der Waals surface area (Å²) in [4.78, 5) is 29.9. The van der Waals surface area contributed by atoms with Crippen LogP contribution in [0.15, 0.2) is 28.5 Å². The highest BCUT2D eigenvalue weighted by molar-refractivity contribution is 7.09. The van der Waals surface area contributed by atoms with Crippen LogP contribution in [0.3, 0.4) is 0 Å². The predicted molar refractivity (Wildman–Crippen MR) is 65.1 cm³/mol. The average Bonchev–Trinajstić information content (AvgIpc) is 2.78. The maximum atomic E-state index is 11.7. The van der Waals surface area contributed by atoms with Crippen LogP contribution in [-0.4, -0.2) is 15.9 Å². The number of carbonyl (C=O) groups is 1. The molecule has 0 spiro atoms. The molecule has 2 aromatic rings. The van der Waals surface area contributed by atoms with Gasteiger partial charge in [-0.25, -0.2) is 4.98 Å². The summed E-state index contributed by atoms with van der Waals surface area (Å²) in [6.45, 7) is 2.10. The van der Waals surface area contributed by atoms with E-state index in [0.717, 1.165) is 10.7 Å². The van der Waals surface area contributed by atoms with Gasteiger partial charge in [0.05, 0.1) is 6.54 Å². The van der Waals surface area contributed by atoms with Gasteiger partial charge in [0.15, 0.2) is 0 Å². The van der Waals surface area contributed by atoms with E-state index < -0.39 is 0 Å². The summed E-state index contributed by atoms with van der Waals surface area (Å²) < 4.78 is 0. The molecule has 17 heavy (non-hydrogen) atoms. The standard InChI is InChI=1S/C11H11N3O2S/c1-7-2-3-8(11(16)14-7)10(15)13-6-9-12-4-5-17-9/h2-5H,6H2,1H3,(H,13,15)(H,14,16). The number of carbonyl (C=O) groups excluding carboxylic acids is 1. The minimum absolute atomic E-state index is 0.118. The number of aromatic amines is 1. The average molecular weight is 249 g/mol. The summed E-state index contributed by atoms with van der Waals surface area (Å²) in [5, 5.41) is 5.29. The van der Waals surface area contributed by atoms with Crippen LogP contribution < -0.4 is 10.9 Å². The topological polar surface area (TPSA) is 74.8 Å². The molecule has 2 aromatic heterocycles. The molecular weight excluding hydrogens is 238 g/mol. The molecule has 0 saturated heterocycles. The van der Waals surface area contributed by atoms with Crippen molar-refractivity contribution in [2.45, 2.75) is 13.5 Å². The van der Waals surface area contributed by atoms with E-state index in [1.54, 1.807) is 19.2 Å². The first-order valence-electron chi connectivity index (χ1n) is 5.03. The number of H-pyrrole nitrogens is 1. The van der Waals surface area contributed by atoms with Crippen molar-refractivity contribution >= 4 is 17.2 Å². The SMILES string of the molecule is Cc1ccc(C(=O)NCc2nccs2)c(=O)[nH]1. The van der Waals surface area contributed by atoms with Crippen LogP contribution in [0, 0.1) is 6.92 Å². The number of pyridine rings is 1. The molecule has 0 aliphatic rings. The molecule has 0 saturated carbocycles. The zero-order valence-corrected chi connectivity index (χ0v) is 10.0. The van der Waals surface area contributed by atoms with E-state index in [2.05, 4.69) is 15.3 Å². The highest BCUT2D eigenvalue weighted by atomic mass is 32.1. The number of nitrogens with zero attached hydrogens (tertiary/aromatic N) is 1. The smallest absolute Gasteiger partial charge is 0.260 e. The van der Waals surface area contributed by atoms with Gasteiger partial charge in [-0.15, -0.1) is 11.3 Å². The molecule has 0 aliphatic carbocycles. The second kappa shape index (κ2) is 4.92. The van der Waals surface area contributed by atoms with Gasteiger partial charge in [-0.1, -0.05) is 0 Å². The molecular formula is C11H11N3O2S. The molecule has 88 valence electrons. The molecule has 2 N–H and O–H groups in total. The van der Waals surface area contributed by atoms with Gasteiger partial charge in [0.1, 0.15) is 10.6 Å². The largest absolute Gasteiger partial charge is 0.345 e. The molecule has 2 rings (SSSR count). The Balaban J connectivity index is 2.07. The number of nitrogens with one attached hydrogen (secondary N) is 2. The second-order valence-electron chi connectivity index (χ2n) is 3.49. The van der Waals surface area contributed by atoms with E-state index in [1.165, 1.54) is 17.4 Å². The van der Waals surface area contributed by atoms with Crippen molar-refractivity contribution in [2.75, 3.05) is 0 Å². The summed E-state index contributed by atoms with van der Waals surface area (Å²) in [5.41, 5.74) is 0.472. The number of aromatic nitrogens is 2. The van der Waals surface area contributed by atoms with Crippen LogP contribution in [0.5, 0.6) is 0 Å². The van der Waals surface area contributed by atoms with Gasteiger partial charge >= 0.3 is 0 Å². The summed E-state index contributed by atoms with van der Waals surface area (Å²) in [5.74, 6) is -0.388. The number of hydrogen-bond donors (Lipinski definition) is 2. The Kier molecular flexibility index (Phi) is 3.34. The van der Waals surface area contributed by atoms with Crippen LogP contribution in [0.4, 0.5) is 0 Å². The Bertz CT molecular complexity index is 575. The summed E-state index contributed by atoms with van der Waals surface area (Å²) in [6.07, 6.45) is 1.67. The first kappa shape index (κ1) is 11.5. The highest BCUT2D eigenvalue weighted by Gasteiger charge is 2.10. The van der Waals surface area contributed by atoms with Crippen molar-refractivity contribution in [2.24, 2.45) is 0 Å². The van der Waals surface area contributed by atoms with Gasteiger partial charge < -0.3 is 10.3 Å². The Morgan fingerprint density at radius 3 is 3.00 bits per heavy atom. The zero-order chi connectivity index (χ0) is 12.3. The second-order valence-corrected chi connectivity index (χ2v) is 4.47. The van der Waals surface area contributed by atoms with Crippen molar-refractivity contribution in [1.29, 1.82) is 0 Å². The number of hydrogen-bond acceptors (Lipinski definition) is 4. The molecule has 0 aromatic carbocycles. The van der Waals surface area contributed by atoms with Crippen LogP contribution in [0.1, 0.15) is 21.1 Å². The lowest BCUT2D eigenvalue weighted by Crippen LogP contribution is -2.29. The molecule has 6 heteroatoms. The molecule has 0 unspecified atom stereocenters. The molecule has 0 radical (unpaired) electrons. The van der Waals surface area contributed by atoms with Gasteiger partial charge in [-0.3, -0.25) is 9.59 Å². The Morgan fingerprint density at radius 1 is 1.53 bits per heavy atom. The van der Waals surface area contributed by atoms with E-state index in [-0.39, 0.29) is 17.0 Å². The van der Waals surface area contributed by atoms with Crippen molar-refractivity contribution in [3.63, 3.8) is 0 Å². The molecule has 1 amide bonds. The Hall–Kier alpha value is -1.95. The first-order chi connectivity index (χ1) is 8.16. The van der Waals surface area contributed by atoms with Crippen LogP contribution in [-0.2, 0) is 6.54 Å². The molecule has 5 nitrogen and oxygen atoms in total. The summed E-state index contributed by atoms with van der Waals surface area (Å²) in [6, 6.07) is 3.21. The van der Waals surface area contributed by atoms with Crippen LogP contribution >= 0.6 is 11.3 Å². The molecule has 0 bridgehead atoms. The van der Waals surface area contributed by atoms with Gasteiger partial charge in [0, 0.05) is 17.3 Å². The van der Waals surface area contributed by atoms with Crippen LogP contribution in [0.2, 0.25) is 0 Å². The summed E-state index contributed by atoms with van der Waals surface area (Å²) >= 11 is 1.45. The lowest BCUT2D eigenvalue weighted by molar-refractivity contribution is 0.0949. The monoisotopic (exact) mass is 249 g/mol. The Morgan fingerprint density at radius 2 is 2.35 bits per heavy atom. The molecule has 0 aliphatic heterocycles. The van der Waals surface area contributed by atoms with Gasteiger partial charge in [-0.05, 0) is 19.1 Å². The number of thiazole rings is 1. The van der Waals surface area contributed by atoms with Gasteiger partial charge in [0.25, 0.3) is 11.5 Å². The zero-order valence-electron chi connectivity index (χ0n) is 9.19. The fraction of sp³-hybridized carbons (Fsp3) is 0.182. The fourth-order valence-corrected chi connectivity index (χ4v) is 1.90. The highest BCUT2D eigenvalue weighted by Crippen LogP contribution is 2.03. The fourth-order valence-electron chi connectivity index (χ4n) is 1.34. The summed E-state index contributed by atoms with van der Waals surface area (Å²) in [7, 11) is 0. The Labute approximate surface area is 102 Å². The lowest BCUT2D eigenvalue weighted by Gasteiger charge is -2.02. The predicted octanol–water partition coefficient (Wildman–Crippen LogP) is 1.07. The van der Waals surface area contributed by atoms with E-state index >= 15 is 0 Å². The molecule has 0 fully saturated rings. The minimum atomic E-state index is -0.388. The van der Waals surface area contributed by atoms with E-state index in [0.29, 0.717) is 6.54 Å². The number of amides is 1. The third-order valence-electron chi connectivity index (χ3n) is 2.18. The quantitative estimate of drug-likeness (QED) is 0.854. The maximum absolute atomic E-state index is 11.7. The first-order valence-corrected chi connectivity index (χ1v) is 5.91. The van der Waals surface area contributed by atoms with Crippen molar-refractivity contribution < 1.29 is 4.79 Å². The third-order valence-corrected chi connectivity index (χ3v) is 2.96. The normalized spacial score (nSPS) is 10.2.